The lowest BCUT2D eigenvalue weighted by molar-refractivity contribution is 0.258. The number of aryl methyl sites for hydroxylation is 1. The molecule has 114 valence electrons. The molecule has 2 aromatic rings. The molecule has 1 aromatic heterocycles. The number of rotatable bonds is 8. The Morgan fingerprint density at radius 2 is 2.05 bits per heavy atom. The molecule has 4 nitrogen and oxygen atoms in total. The van der Waals surface area contributed by atoms with Crippen molar-refractivity contribution in [2.24, 2.45) is 0 Å². The summed E-state index contributed by atoms with van der Waals surface area (Å²) in [5, 5.41) is 9.97. The molecule has 0 bridgehead atoms. The maximum Gasteiger partial charge on any atom is 0.0948 e. The van der Waals surface area contributed by atoms with Gasteiger partial charge in [0.15, 0.2) is 0 Å². The summed E-state index contributed by atoms with van der Waals surface area (Å²) in [5.41, 5.74) is 2.15. The molecular formula is C16H22ClN3O. The number of aromatic nitrogens is 2. The van der Waals surface area contributed by atoms with E-state index in [2.05, 4.69) is 28.9 Å². The van der Waals surface area contributed by atoms with Gasteiger partial charge in [-0.1, -0.05) is 30.7 Å². The van der Waals surface area contributed by atoms with E-state index in [1.165, 1.54) is 5.56 Å². The van der Waals surface area contributed by atoms with Crippen LogP contribution in [-0.2, 0) is 19.7 Å². The van der Waals surface area contributed by atoms with Gasteiger partial charge in [0.1, 0.15) is 0 Å². The third-order valence-corrected chi connectivity index (χ3v) is 3.85. The van der Waals surface area contributed by atoms with E-state index in [1.807, 2.05) is 16.7 Å². The molecule has 0 atom stereocenters. The van der Waals surface area contributed by atoms with E-state index in [4.69, 9.17) is 11.6 Å². The molecule has 5 heteroatoms. The summed E-state index contributed by atoms with van der Waals surface area (Å²) in [6.07, 6.45) is 4.52. The van der Waals surface area contributed by atoms with Gasteiger partial charge in [-0.15, -0.1) is 0 Å². The first-order valence-corrected chi connectivity index (χ1v) is 7.67. The third-order valence-electron chi connectivity index (χ3n) is 3.60. The lowest BCUT2D eigenvalue weighted by Gasteiger charge is -2.20. The van der Waals surface area contributed by atoms with Crippen LogP contribution >= 0.6 is 11.6 Å². The molecule has 0 amide bonds. The highest BCUT2D eigenvalue weighted by atomic mass is 35.5. The highest BCUT2D eigenvalue weighted by Crippen LogP contribution is 2.12. The molecule has 0 aliphatic carbocycles. The van der Waals surface area contributed by atoms with E-state index in [0.29, 0.717) is 0 Å². The standard InChI is InChI=1S/C16H22ClN3O/c1-2-19(11-14-4-6-15(17)7-5-14)8-3-9-20-13-18-10-16(20)12-21/h4-7,10,13,21H,2-3,8-9,11-12H2,1H3. The fourth-order valence-corrected chi connectivity index (χ4v) is 2.47. The van der Waals surface area contributed by atoms with Crippen LogP contribution in [0.4, 0.5) is 0 Å². The number of hydrogen-bond acceptors (Lipinski definition) is 3. The largest absolute Gasteiger partial charge is 0.390 e. The topological polar surface area (TPSA) is 41.3 Å². The Kier molecular flexibility index (Phi) is 6.23. The molecule has 0 saturated heterocycles. The molecule has 0 fully saturated rings. The summed E-state index contributed by atoms with van der Waals surface area (Å²) < 4.78 is 2.01. The minimum Gasteiger partial charge on any atom is -0.390 e. The zero-order chi connectivity index (χ0) is 15.1. The lowest BCUT2D eigenvalue weighted by Crippen LogP contribution is -2.25. The first kappa shape index (κ1) is 16.0. The molecule has 1 aromatic carbocycles. The predicted molar refractivity (Wildman–Crippen MR) is 85.2 cm³/mol. The predicted octanol–water partition coefficient (Wildman–Crippen LogP) is 2.94. The Morgan fingerprint density at radius 3 is 2.71 bits per heavy atom. The van der Waals surface area contributed by atoms with Crippen molar-refractivity contribution in [2.75, 3.05) is 13.1 Å². The van der Waals surface area contributed by atoms with E-state index < -0.39 is 0 Å². The van der Waals surface area contributed by atoms with Crippen molar-refractivity contribution in [3.8, 4) is 0 Å². The summed E-state index contributed by atoms with van der Waals surface area (Å²) in [7, 11) is 0. The van der Waals surface area contributed by atoms with Crippen LogP contribution in [0.2, 0.25) is 5.02 Å². The molecule has 1 N–H and O–H groups in total. The second-order valence-electron chi connectivity index (χ2n) is 5.09. The second kappa shape index (κ2) is 8.17. The molecule has 0 aliphatic heterocycles. The highest BCUT2D eigenvalue weighted by Gasteiger charge is 2.05. The van der Waals surface area contributed by atoms with Gasteiger partial charge in [-0.2, -0.15) is 0 Å². The fourth-order valence-electron chi connectivity index (χ4n) is 2.34. The van der Waals surface area contributed by atoms with Gasteiger partial charge in [0.25, 0.3) is 0 Å². The molecule has 0 spiro atoms. The van der Waals surface area contributed by atoms with Crippen LogP contribution in [0, 0.1) is 0 Å². The number of aliphatic hydroxyl groups is 1. The maximum absolute atomic E-state index is 9.20. The molecule has 0 saturated carbocycles. The third kappa shape index (κ3) is 4.84. The van der Waals surface area contributed by atoms with Gasteiger partial charge in [0, 0.05) is 24.7 Å². The number of benzene rings is 1. The quantitative estimate of drug-likeness (QED) is 0.815. The van der Waals surface area contributed by atoms with E-state index in [1.54, 1.807) is 12.5 Å². The van der Waals surface area contributed by atoms with Crippen molar-refractivity contribution in [1.82, 2.24) is 14.5 Å². The molecule has 1 heterocycles. The number of hydrogen-bond donors (Lipinski definition) is 1. The van der Waals surface area contributed by atoms with Crippen molar-refractivity contribution in [3.63, 3.8) is 0 Å². The Balaban J connectivity index is 1.81. The number of halogens is 1. The van der Waals surface area contributed by atoms with Crippen LogP contribution < -0.4 is 0 Å². The Morgan fingerprint density at radius 1 is 1.29 bits per heavy atom. The summed E-state index contributed by atoms with van der Waals surface area (Å²) in [4.78, 5) is 6.47. The van der Waals surface area contributed by atoms with Gasteiger partial charge >= 0.3 is 0 Å². The van der Waals surface area contributed by atoms with E-state index in [-0.39, 0.29) is 6.61 Å². The minimum absolute atomic E-state index is 0.0439. The van der Waals surface area contributed by atoms with Gasteiger partial charge in [-0.3, -0.25) is 4.90 Å². The summed E-state index contributed by atoms with van der Waals surface area (Å²) in [6.45, 7) is 6.06. The molecule has 2 rings (SSSR count). The highest BCUT2D eigenvalue weighted by molar-refractivity contribution is 6.30. The van der Waals surface area contributed by atoms with Crippen LogP contribution in [0.3, 0.4) is 0 Å². The Bertz CT molecular complexity index is 539. The number of aliphatic hydroxyl groups excluding tert-OH is 1. The van der Waals surface area contributed by atoms with E-state index in [9.17, 15) is 5.11 Å². The molecule has 0 aliphatic rings. The maximum atomic E-state index is 9.20. The first-order chi connectivity index (χ1) is 10.2. The second-order valence-corrected chi connectivity index (χ2v) is 5.52. The fraction of sp³-hybridized carbons (Fsp3) is 0.438. The Hall–Kier alpha value is -1.36. The molecule has 0 unspecified atom stereocenters. The van der Waals surface area contributed by atoms with Crippen molar-refractivity contribution in [3.05, 3.63) is 53.1 Å². The zero-order valence-corrected chi connectivity index (χ0v) is 13.1. The van der Waals surface area contributed by atoms with Gasteiger partial charge in [-0.25, -0.2) is 4.98 Å². The summed E-state index contributed by atoms with van der Waals surface area (Å²) >= 11 is 5.91. The van der Waals surface area contributed by atoms with E-state index >= 15 is 0 Å². The number of imidazole rings is 1. The summed E-state index contributed by atoms with van der Waals surface area (Å²) in [5.74, 6) is 0. The first-order valence-electron chi connectivity index (χ1n) is 7.29. The van der Waals surface area contributed by atoms with Crippen molar-refractivity contribution >= 4 is 11.6 Å². The van der Waals surface area contributed by atoms with Gasteiger partial charge in [-0.05, 0) is 30.7 Å². The van der Waals surface area contributed by atoms with Gasteiger partial charge in [0.05, 0.1) is 24.8 Å². The zero-order valence-electron chi connectivity index (χ0n) is 12.4. The minimum atomic E-state index is 0.0439. The SMILES string of the molecule is CCN(CCCn1cncc1CO)Cc1ccc(Cl)cc1. The van der Waals surface area contributed by atoms with Crippen LogP contribution in [-0.4, -0.2) is 32.6 Å². The monoisotopic (exact) mass is 307 g/mol. The molecular weight excluding hydrogens is 286 g/mol. The van der Waals surface area contributed by atoms with Gasteiger partial charge in [0.2, 0.25) is 0 Å². The number of nitrogens with zero attached hydrogens (tertiary/aromatic N) is 3. The average Bonchev–Trinajstić information content (AvgIpc) is 2.96. The summed E-state index contributed by atoms with van der Waals surface area (Å²) in [6, 6.07) is 8.02. The van der Waals surface area contributed by atoms with Crippen LogP contribution in [0.25, 0.3) is 0 Å². The normalized spacial score (nSPS) is 11.2. The van der Waals surface area contributed by atoms with Crippen molar-refractivity contribution in [2.45, 2.75) is 33.0 Å². The van der Waals surface area contributed by atoms with Crippen LogP contribution in [0.5, 0.6) is 0 Å². The van der Waals surface area contributed by atoms with Crippen LogP contribution in [0.1, 0.15) is 24.6 Å². The molecule has 0 radical (unpaired) electrons. The van der Waals surface area contributed by atoms with Crippen molar-refractivity contribution < 1.29 is 5.11 Å². The Labute approximate surface area is 131 Å². The van der Waals surface area contributed by atoms with Crippen molar-refractivity contribution in [1.29, 1.82) is 0 Å². The lowest BCUT2D eigenvalue weighted by atomic mass is 10.2. The average molecular weight is 308 g/mol. The molecule has 21 heavy (non-hydrogen) atoms. The van der Waals surface area contributed by atoms with E-state index in [0.717, 1.165) is 43.3 Å². The smallest absolute Gasteiger partial charge is 0.0948 e. The van der Waals surface area contributed by atoms with Crippen LogP contribution in [0.15, 0.2) is 36.8 Å². The van der Waals surface area contributed by atoms with Gasteiger partial charge < -0.3 is 9.67 Å².